The fraction of sp³-hybridized carbons (Fsp3) is 0.400. The number of carboxylic acids is 1. The fourth-order valence-electron chi connectivity index (χ4n) is 6.25. The molecule has 226 valence electrons. The Balaban J connectivity index is 1.20. The van der Waals surface area contributed by atoms with Crippen molar-refractivity contribution in [1.82, 2.24) is 25.1 Å². The van der Waals surface area contributed by atoms with Gasteiger partial charge in [-0.3, -0.25) is 9.48 Å². The number of nitrogens with zero attached hydrogens (tertiary/aromatic N) is 5. The van der Waals surface area contributed by atoms with E-state index in [0.717, 1.165) is 27.7 Å². The van der Waals surface area contributed by atoms with E-state index in [0.29, 0.717) is 44.7 Å². The molecule has 4 N–H and O–H groups in total. The van der Waals surface area contributed by atoms with E-state index in [-0.39, 0.29) is 22.8 Å². The van der Waals surface area contributed by atoms with Crippen molar-refractivity contribution in [2.45, 2.75) is 44.5 Å². The highest BCUT2D eigenvalue weighted by Crippen LogP contribution is 2.41. The number of anilines is 2. The number of aryl methyl sites for hydroxylation is 2. The third-order valence-electron chi connectivity index (χ3n) is 8.63. The molecule has 6 rings (SSSR count). The van der Waals surface area contributed by atoms with Crippen molar-refractivity contribution in [3.8, 4) is 17.0 Å². The van der Waals surface area contributed by atoms with Gasteiger partial charge in [-0.1, -0.05) is 36.4 Å². The molecule has 2 atom stereocenters. The molecule has 13 heteroatoms. The Hall–Kier alpha value is -4.39. The van der Waals surface area contributed by atoms with Gasteiger partial charge in [0.2, 0.25) is 17.9 Å². The van der Waals surface area contributed by atoms with Crippen LogP contribution in [0.15, 0.2) is 48.5 Å². The smallest absolute Gasteiger partial charge is 0.429 e. The molecular weight excluding hydrogens is 563 g/mol. The van der Waals surface area contributed by atoms with E-state index in [1.54, 1.807) is 16.8 Å². The van der Waals surface area contributed by atoms with E-state index >= 15 is 0 Å². The highest BCUT2D eigenvalue weighted by molar-refractivity contribution is 5.86. The normalized spacial score (nSPS) is 19.2. The van der Waals surface area contributed by atoms with Gasteiger partial charge in [0.05, 0.1) is 11.2 Å². The molecule has 2 aromatic carbocycles. The van der Waals surface area contributed by atoms with Gasteiger partial charge in [0.1, 0.15) is 11.9 Å². The van der Waals surface area contributed by atoms with Crippen LogP contribution in [0.3, 0.4) is 0 Å². The van der Waals surface area contributed by atoms with Crippen LogP contribution in [0.4, 0.5) is 24.9 Å². The summed E-state index contributed by atoms with van der Waals surface area (Å²) in [5, 5.41) is 17.9. The lowest BCUT2D eigenvalue weighted by Gasteiger charge is -2.39. The maximum absolute atomic E-state index is 14.3. The lowest BCUT2D eigenvalue weighted by atomic mass is 9.76. The number of piperidine rings is 1. The first-order valence-corrected chi connectivity index (χ1v) is 14.0. The number of benzene rings is 2. The monoisotopic (exact) mass is 595 g/mol. The lowest BCUT2D eigenvalue weighted by molar-refractivity contribution is -0.198. The van der Waals surface area contributed by atoms with Crippen LogP contribution in [0.1, 0.15) is 36.6 Å². The summed E-state index contributed by atoms with van der Waals surface area (Å²) in [4.78, 5) is 21.5. The summed E-state index contributed by atoms with van der Waals surface area (Å²) in [5.41, 5.74) is 9.15. The summed E-state index contributed by atoms with van der Waals surface area (Å²) in [6.45, 7) is 3.65. The fourth-order valence-corrected chi connectivity index (χ4v) is 6.25. The van der Waals surface area contributed by atoms with E-state index in [9.17, 15) is 23.1 Å². The summed E-state index contributed by atoms with van der Waals surface area (Å²) < 4.78 is 50.1. The number of rotatable bonds is 6. The summed E-state index contributed by atoms with van der Waals surface area (Å²) in [6, 6.07) is 12.7. The number of fused-ring (bicyclic) bond motifs is 1. The molecule has 1 unspecified atom stereocenters. The molecule has 4 aromatic rings. The summed E-state index contributed by atoms with van der Waals surface area (Å²) in [7, 11) is 1.85. The minimum atomic E-state index is -4.72. The number of carboxylic acid groups (broad SMARTS) is 1. The molecule has 2 aliphatic rings. The average molecular weight is 596 g/mol. The van der Waals surface area contributed by atoms with Crippen LogP contribution in [0.2, 0.25) is 0 Å². The lowest BCUT2D eigenvalue weighted by Crippen LogP contribution is -2.41. The minimum absolute atomic E-state index is 0.0749. The second kappa shape index (κ2) is 10.7. The molecule has 0 amide bonds. The van der Waals surface area contributed by atoms with Gasteiger partial charge in [-0.25, -0.2) is 0 Å². The molecule has 10 nitrogen and oxygen atoms in total. The first-order chi connectivity index (χ1) is 20.4. The predicted octanol–water partition coefficient (Wildman–Crippen LogP) is 4.64. The van der Waals surface area contributed by atoms with Gasteiger partial charge in [0, 0.05) is 43.7 Å². The van der Waals surface area contributed by atoms with Crippen LogP contribution >= 0.6 is 0 Å². The molecule has 0 aliphatic carbocycles. The van der Waals surface area contributed by atoms with Gasteiger partial charge in [0.25, 0.3) is 0 Å². The molecule has 4 heterocycles. The number of alkyl halides is 3. The highest BCUT2D eigenvalue weighted by Gasteiger charge is 2.45. The quantitative estimate of drug-likeness (QED) is 0.292. The van der Waals surface area contributed by atoms with Crippen LogP contribution in [0.25, 0.3) is 22.0 Å². The van der Waals surface area contributed by atoms with Crippen LogP contribution in [-0.2, 0) is 11.8 Å². The maximum atomic E-state index is 14.3. The molecule has 0 bridgehead atoms. The van der Waals surface area contributed by atoms with Crippen LogP contribution in [0.5, 0.6) is 5.88 Å². The average Bonchev–Trinajstić information content (AvgIpc) is 3.51. The zero-order valence-corrected chi connectivity index (χ0v) is 23.7. The zero-order chi connectivity index (χ0) is 30.5. The van der Waals surface area contributed by atoms with Crippen molar-refractivity contribution in [3.05, 3.63) is 59.8 Å². The summed E-state index contributed by atoms with van der Waals surface area (Å²) in [6.07, 6.45) is -5.02. The number of halogens is 3. The van der Waals surface area contributed by atoms with Gasteiger partial charge in [-0.05, 0) is 48.8 Å². The van der Waals surface area contributed by atoms with E-state index in [4.69, 9.17) is 10.5 Å². The standard InChI is InChI=1S/C30H32F3N7O3/c1-17-21-8-7-20(13-23(21)39(2)38-17)18-3-5-19(6-4-18)26(30(31,32)33)43-25-14-24(36-28(34)37-25)40-11-9-29(10-12-40)15-22(27(41)42)35-16-29/h3-8,13-14,22,26,35H,9-12,15-16H2,1-2H3,(H,41,42)(H2,34,36,37)/t22-,26?/m0/s1. The van der Waals surface area contributed by atoms with Gasteiger partial charge in [-0.2, -0.15) is 28.2 Å². The number of hydrogen-bond donors (Lipinski definition) is 3. The number of ether oxygens (including phenoxy) is 1. The van der Waals surface area contributed by atoms with Gasteiger partial charge in [0.15, 0.2) is 0 Å². The van der Waals surface area contributed by atoms with Gasteiger partial charge < -0.3 is 25.8 Å². The number of nitrogens with one attached hydrogen (secondary N) is 1. The van der Waals surface area contributed by atoms with Gasteiger partial charge in [-0.15, -0.1) is 0 Å². The minimum Gasteiger partial charge on any atom is -0.480 e. The molecule has 2 saturated heterocycles. The largest absolute Gasteiger partial charge is 0.480 e. The van der Waals surface area contributed by atoms with Crippen molar-refractivity contribution in [2.24, 2.45) is 12.5 Å². The molecule has 1 spiro atoms. The first kappa shape index (κ1) is 28.7. The van der Waals surface area contributed by atoms with Crippen molar-refractivity contribution in [3.63, 3.8) is 0 Å². The van der Waals surface area contributed by atoms with Crippen molar-refractivity contribution >= 4 is 28.6 Å². The number of aromatic nitrogens is 4. The SMILES string of the molecule is Cc1nn(C)c2cc(-c3ccc(C(Oc4cc(N5CCC6(CC5)CN[C@H](C(=O)O)C6)nc(N)n4)C(F)(F)F)cc3)ccc12. The molecular formula is C30H32F3N7O3. The van der Waals surface area contributed by atoms with Crippen molar-refractivity contribution in [2.75, 3.05) is 30.3 Å². The van der Waals surface area contributed by atoms with Crippen molar-refractivity contribution < 1.29 is 27.8 Å². The second-order valence-corrected chi connectivity index (χ2v) is 11.5. The van der Waals surface area contributed by atoms with Crippen molar-refractivity contribution in [1.29, 1.82) is 0 Å². The first-order valence-electron chi connectivity index (χ1n) is 14.0. The van der Waals surface area contributed by atoms with Gasteiger partial charge >= 0.3 is 12.1 Å². The Morgan fingerprint density at radius 3 is 2.47 bits per heavy atom. The highest BCUT2D eigenvalue weighted by atomic mass is 19.4. The Morgan fingerprint density at radius 2 is 1.81 bits per heavy atom. The molecule has 2 aliphatic heterocycles. The molecule has 0 radical (unpaired) electrons. The number of aliphatic carboxylic acids is 1. The number of carbonyl (C=O) groups is 1. The number of nitrogen functional groups attached to an aromatic ring is 1. The van der Waals surface area contributed by atoms with E-state index in [1.807, 2.05) is 37.1 Å². The van der Waals surface area contributed by atoms with E-state index in [2.05, 4.69) is 20.4 Å². The summed E-state index contributed by atoms with van der Waals surface area (Å²) in [5.74, 6) is -0.965. The number of hydrogen-bond acceptors (Lipinski definition) is 8. The Bertz CT molecular complexity index is 1660. The van der Waals surface area contributed by atoms with E-state index < -0.39 is 24.3 Å². The van der Waals surface area contributed by atoms with Crippen LogP contribution < -0.4 is 20.7 Å². The zero-order valence-electron chi connectivity index (χ0n) is 23.7. The third-order valence-corrected chi connectivity index (χ3v) is 8.63. The summed E-state index contributed by atoms with van der Waals surface area (Å²) >= 11 is 0. The molecule has 2 fully saturated rings. The molecule has 43 heavy (non-hydrogen) atoms. The maximum Gasteiger partial charge on any atom is 0.429 e. The van der Waals surface area contributed by atoms with E-state index in [1.165, 1.54) is 18.2 Å². The second-order valence-electron chi connectivity index (χ2n) is 11.5. The topological polar surface area (TPSA) is 131 Å². The van der Waals surface area contributed by atoms with Crippen LogP contribution in [-0.4, -0.2) is 62.7 Å². The Labute approximate surface area is 245 Å². The molecule has 0 saturated carbocycles. The Morgan fingerprint density at radius 1 is 1.12 bits per heavy atom. The number of nitrogens with two attached hydrogens (primary N) is 1. The van der Waals surface area contributed by atoms with Crippen LogP contribution in [0, 0.1) is 12.3 Å². The predicted molar refractivity (Wildman–Crippen MR) is 155 cm³/mol. The Kier molecular flexibility index (Phi) is 7.15. The molecule has 2 aromatic heterocycles. The third kappa shape index (κ3) is 5.68.